The highest BCUT2D eigenvalue weighted by Crippen LogP contribution is 2.26. The molecule has 1 heterocycles. The van der Waals surface area contributed by atoms with Gasteiger partial charge in [0.2, 0.25) is 0 Å². The number of carbonyl (C=O) groups is 1. The van der Waals surface area contributed by atoms with Crippen LogP contribution in [0.4, 0.5) is 11.5 Å². The van der Waals surface area contributed by atoms with Crippen LogP contribution in [0.2, 0.25) is 5.02 Å². The Kier molecular flexibility index (Phi) is 3.84. The Morgan fingerprint density at radius 3 is 2.67 bits per heavy atom. The topological polar surface area (TPSA) is 62.2 Å². The molecule has 0 fully saturated rings. The van der Waals surface area contributed by atoms with E-state index in [0.717, 1.165) is 10.2 Å². The Labute approximate surface area is 117 Å². The van der Waals surface area contributed by atoms with Crippen LogP contribution in [-0.2, 0) is 0 Å². The molecule has 1 aromatic heterocycles. The first kappa shape index (κ1) is 12.9. The first-order chi connectivity index (χ1) is 8.56. The lowest BCUT2D eigenvalue weighted by Gasteiger charge is -2.06. The summed E-state index contributed by atoms with van der Waals surface area (Å²) in [5.41, 5.74) is 0.958. The fourth-order valence-electron chi connectivity index (χ4n) is 1.32. The van der Waals surface area contributed by atoms with Crippen molar-refractivity contribution in [1.82, 2.24) is 4.98 Å². The van der Waals surface area contributed by atoms with Gasteiger partial charge in [0.1, 0.15) is 5.82 Å². The molecule has 18 heavy (non-hydrogen) atoms. The summed E-state index contributed by atoms with van der Waals surface area (Å²) in [4.78, 5) is 14.7. The Hall–Kier alpha value is -1.59. The number of nitrogens with one attached hydrogen (secondary N) is 1. The molecular formula is C12H8BrClN2O2. The van der Waals surface area contributed by atoms with Gasteiger partial charge in [-0.2, -0.15) is 0 Å². The van der Waals surface area contributed by atoms with Crippen LogP contribution >= 0.6 is 27.5 Å². The van der Waals surface area contributed by atoms with E-state index in [9.17, 15) is 4.79 Å². The number of anilines is 2. The van der Waals surface area contributed by atoms with Crippen molar-refractivity contribution in [2.45, 2.75) is 0 Å². The van der Waals surface area contributed by atoms with E-state index in [-0.39, 0.29) is 5.56 Å². The maximum atomic E-state index is 10.7. The number of hydrogen-bond donors (Lipinski definition) is 2. The van der Waals surface area contributed by atoms with Crippen LogP contribution in [0.15, 0.2) is 41.0 Å². The van der Waals surface area contributed by atoms with E-state index in [4.69, 9.17) is 16.7 Å². The third kappa shape index (κ3) is 3.00. The SMILES string of the molecule is O=C(O)c1ccc(Nc2ccc(Cl)c(Br)c2)nc1. The molecule has 92 valence electrons. The van der Waals surface area contributed by atoms with Crippen molar-refractivity contribution >= 4 is 45.0 Å². The van der Waals surface area contributed by atoms with Gasteiger partial charge in [0.05, 0.1) is 10.6 Å². The fourth-order valence-corrected chi connectivity index (χ4v) is 1.81. The van der Waals surface area contributed by atoms with Crippen LogP contribution in [0, 0.1) is 0 Å². The van der Waals surface area contributed by atoms with Crippen LogP contribution < -0.4 is 5.32 Å². The second-order valence-electron chi connectivity index (χ2n) is 3.49. The first-order valence-electron chi connectivity index (χ1n) is 4.97. The van der Waals surface area contributed by atoms with E-state index in [0.29, 0.717) is 10.8 Å². The average molecular weight is 328 g/mol. The Morgan fingerprint density at radius 1 is 1.33 bits per heavy atom. The number of aromatic nitrogens is 1. The molecule has 2 aromatic rings. The smallest absolute Gasteiger partial charge is 0.337 e. The number of benzene rings is 1. The highest BCUT2D eigenvalue weighted by atomic mass is 79.9. The van der Waals surface area contributed by atoms with Gasteiger partial charge in [-0.3, -0.25) is 0 Å². The van der Waals surface area contributed by atoms with Gasteiger partial charge in [-0.25, -0.2) is 9.78 Å². The van der Waals surface area contributed by atoms with Gasteiger partial charge in [-0.15, -0.1) is 0 Å². The van der Waals surface area contributed by atoms with E-state index < -0.39 is 5.97 Å². The van der Waals surface area contributed by atoms with E-state index in [1.165, 1.54) is 12.3 Å². The van der Waals surface area contributed by atoms with Crippen molar-refractivity contribution in [3.63, 3.8) is 0 Å². The number of nitrogens with zero attached hydrogens (tertiary/aromatic N) is 1. The van der Waals surface area contributed by atoms with E-state index in [2.05, 4.69) is 26.2 Å². The van der Waals surface area contributed by atoms with Gasteiger partial charge < -0.3 is 10.4 Å². The number of rotatable bonds is 3. The summed E-state index contributed by atoms with van der Waals surface area (Å²) in [6.45, 7) is 0. The summed E-state index contributed by atoms with van der Waals surface area (Å²) in [5.74, 6) is -0.433. The highest BCUT2D eigenvalue weighted by Gasteiger charge is 2.04. The van der Waals surface area contributed by atoms with Gasteiger partial charge in [-0.05, 0) is 46.3 Å². The molecule has 0 aliphatic heterocycles. The van der Waals surface area contributed by atoms with Crippen LogP contribution in [0.1, 0.15) is 10.4 Å². The zero-order valence-corrected chi connectivity index (χ0v) is 11.4. The van der Waals surface area contributed by atoms with Crippen molar-refractivity contribution in [3.8, 4) is 0 Å². The Bertz CT molecular complexity index is 587. The predicted molar refractivity (Wildman–Crippen MR) is 73.6 cm³/mol. The zero-order chi connectivity index (χ0) is 13.1. The van der Waals surface area contributed by atoms with Gasteiger partial charge in [0, 0.05) is 16.4 Å². The molecule has 4 nitrogen and oxygen atoms in total. The number of pyridine rings is 1. The summed E-state index contributed by atoms with van der Waals surface area (Å²) in [7, 11) is 0. The third-order valence-corrected chi connectivity index (χ3v) is 3.42. The number of carboxylic acid groups (broad SMARTS) is 1. The molecule has 2 N–H and O–H groups in total. The van der Waals surface area contributed by atoms with Gasteiger partial charge in [0.15, 0.2) is 0 Å². The normalized spacial score (nSPS) is 10.1. The summed E-state index contributed by atoms with van der Waals surface area (Å²) in [5, 5.41) is 12.4. The monoisotopic (exact) mass is 326 g/mol. The minimum absolute atomic E-state index is 0.151. The summed E-state index contributed by atoms with van der Waals surface area (Å²) in [6.07, 6.45) is 1.30. The molecule has 0 saturated heterocycles. The maximum Gasteiger partial charge on any atom is 0.337 e. The standard InChI is InChI=1S/C12H8BrClN2O2/c13-9-5-8(2-3-10(9)14)16-11-4-1-7(6-15-11)12(17)18/h1-6H,(H,15,16)(H,17,18). The molecule has 0 aliphatic carbocycles. The molecule has 0 bridgehead atoms. The average Bonchev–Trinajstić information content (AvgIpc) is 2.34. The molecular weight excluding hydrogens is 320 g/mol. The minimum atomic E-state index is -0.997. The molecule has 0 amide bonds. The molecule has 0 radical (unpaired) electrons. The largest absolute Gasteiger partial charge is 0.478 e. The van der Waals surface area contributed by atoms with Crippen LogP contribution in [0.25, 0.3) is 0 Å². The first-order valence-corrected chi connectivity index (χ1v) is 6.15. The third-order valence-electron chi connectivity index (χ3n) is 2.20. The molecule has 0 unspecified atom stereocenters. The van der Waals surface area contributed by atoms with Crippen LogP contribution in [-0.4, -0.2) is 16.1 Å². The summed E-state index contributed by atoms with van der Waals surface area (Å²) >= 11 is 9.20. The highest BCUT2D eigenvalue weighted by molar-refractivity contribution is 9.10. The molecule has 0 saturated carbocycles. The maximum absolute atomic E-state index is 10.7. The molecule has 1 aromatic carbocycles. The number of aromatic carboxylic acids is 1. The summed E-state index contributed by atoms with van der Waals surface area (Å²) < 4.78 is 0.774. The zero-order valence-electron chi connectivity index (χ0n) is 9.02. The number of carboxylic acids is 1. The second-order valence-corrected chi connectivity index (χ2v) is 4.75. The van der Waals surface area contributed by atoms with Gasteiger partial charge in [-0.1, -0.05) is 11.6 Å². The molecule has 0 aliphatic rings. The van der Waals surface area contributed by atoms with Gasteiger partial charge in [0.25, 0.3) is 0 Å². The van der Waals surface area contributed by atoms with E-state index in [1.54, 1.807) is 18.2 Å². The second kappa shape index (κ2) is 5.37. The van der Waals surface area contributed by atoms with Crippen molar-refractivity contribution in [2.24, 2.45) is 0 Å². The van der Waals surface area contributed by atoms with Crippen molar-refractivity contribution < 1.29 is 9.90 Å². The van der Waals surface area contributed by atoms with E-state index >= 15 is 0 Å². The molecule has 0 atom stereocenters. The molecule has 2 rings (SSSR count). The van der Waals surface area contributed by atoms with Crippen molar-refractivity contribution in [3.05, 3.63) is 51.6 Å². The van der Waals surface area contributed by atoms with Gasteiger partial charge >= 0.3 is 5.97 Å². The Morgan fingerprint density at radius 2 is 2.11 bits per heavy atom. The van der Waals surface area contributed by atoms with Crippen molar-refractivity contribution in [1.29, 1.82) is 0 Å². The number of hydrogen-bond acceptors (Lipinski definition) is 3. The Balaban J connectivity index is 2.18. The summed E-state index contributed by atoms with van der Waals surface area (Å²) in [6, 6.07) is 8.46. The quantitative estimate of drug-likeness (QED) is 0.896. The van der Waals surface area contributed by atoms with E-state index in [1.807, 2.05) is 6.07 Å². The van der Waals surface area contributed by atoms with Crippen LogP contribution in [0.3, 0.4) is 0 Å². The molecule has 6 heteroatoms. The fraction of sp³-hybridized carbons (Fsp3) is 0. The lowest BCUT2D eigenvalue weighted by Crippen LogP contribution is -1.99. The molecule has 0 spiro atoms. The van der Waals surface area contributed by atoms with Crippen LogP contribution in [0.5, 0.6) is 0 Å². The predicted octanol–water partition coefficient (Wildman–Crippen LogP) is 3.94. The number of halogens is 2. The lowest BCUT2D eigenvalue weighted by atomic mass is 10.3. The van der Waals surface area contributed by atoms with Crippen molar-refractivity contribution in [2.75, 3.05) is 5.32 Å². The minimum Gasteiger partial charge on any atom is -0.478 e. The lowest BCUT2D eigenvalue weighted by molar-refractivity contribution is 0.0696.